The number of carbonyl (C=O) groups excluding carboxylic acids is 2. The van der Waals surface area contributed by atoms with E-state index >= 15 is 0 Å². The molecule has 3 heterocycles. The minimum absolute atomic E-state index is 0.00961. The van der Waals surface area contributed by atoms with Crippen molar-refractivity contribution in [1.29, 1.82) is 0 Å². The van der Waals surface area contributed by atoms with Crippen molar-refractivity contribution in [1.82, 2.24) is 20.1 Å². The smallest absolute Gasteiger partial charge is 0.255 e. The maximum absolute atomic E-state index is 12.5. The third-order valence-electron chi connectivity index (χ3n) is 4.16. The molecular weight excluding hydrogens is 268 g/mol. The fraction of sp³-hybridized carbons (Fsp3) is 0.533. The van der Waals surface area contributed by atoms with Gasteiger partial charge in [-0.25, -0.2) is 0 Å². The van der Waals surface area contributed by atoms with Gasteiger partial charge in [-0.1, -0.05) is 0 Å². The van der Waals surface area contributed by atoms with Crippen molar-refractivity contribution in [3.63, 3.8) is 0 Å². The van der Waals surface area contributed by atoms with Gasteiger partial charge in [-0.15, -0.1) is 0 Å². The minimum Gasteiger partial charge on any atom is -0.337 e. The molecule has 1 unspecified atom stereocenters. The summed E-state index contributed by atoms with van der Waals surface area (Å²) in [4.78, 5) is 32.2. The molecule has 1 atom stereocenters. The topological polar surface area (TPSA) is 65.5 Å². The molecule has 1 aromatic heterocycles. The zero-order valence-electron chi connectivity index (χ0n) is 12.0. The molecule has 112 valence electrons. The molecule has 0 saturated carbocycles. The fourth-order valence-corrected chi connectivity index (χ4v) is 3.07. The number of nitrogens with zero attached hydrogens (tertiary/aromatic N) is 3. The van der Waals surface area contributed by atoms with Gasteiger partial charge >= 0.3 is 0 Å². The Morgan fingerprint density at radius 1 is 1.38 bits per heavy atom. The molecule has 1 N–H and O–H groups in total. The van der Waals surface area contributed by atoms with Gasteiger partial charge in [0.1, 0.15) is 0 Å². The van der Waals surface area contributed by atoms with Crippen LogP contribution in [0, 0.1) is 0 Å². The summed E-state index contributed by atoms with van der Waals surface area (Å²) in [5.74, 6) is 0.150. The maximum Gasteiger partial charge on any atom is 0.255 e. The van der Waals surface area contributed by atoms with Crippen molar-refractivity contribution in [2.75, 3.05) is 32.7 Å². The summed E-state index contributed by atoms with van der Waals surface area (Å²) in [6, 6.07) is 3.71. The van der Waals surface area contributed by atoms with Crippen molar-refractivity contribution < 1.29 is 9.59 Å². The lowest BCUT2D eigenvalue weighted by atomic mass is 10.0. The molecule has 0 radical (unpaired) electrons. The number of aromatic nitrogens is 1. The van der Waals surface area contributed by atoms with Crippen LogP contribution in [0.1, 0.15) is 23.2 Å². The largest absolute Gasteiger partial charge is 0.337 e. The normalized spacial score (nSPS) is 23.2. The number of amides is 2. The first-order valence-corrected chi connectivity index (χ1v) is 7.45. The van der Waals surface area contributed by atoms with Crippen LogP contribution in [0.2, 0.25) is 0 Å². The zero-order valence-corrected chi connectivity index (χ0v) is 12.0. The molecule has 6 nitrogen and oxygen atoms in total. The van der Waals surface area contributed by atoms with Crippen molar-refractivity contribution in [2.24, 2.45) is 0 Å². The highest BCUT2D eigenvalue weighted by Crippen LogP contribution is 2.18. The Balaban J connectivity index is 1.68. The number of likely N-dealkylation sites (tertiary alicyclic amines) is 1. The quantitative estimate of drug-likeness (QED) is 0.839. The van der Waals surface area contributed by atoms with E-state index in [1.807, 2.05) is 9.80 Å². The van der Waals surface area contributed by atoms with E-state index in [1.54, 1.807) is 24.5 Å². The second-order valence-corrected chi connectivity index (χ2v) is 5.55. The molecular formula is C15H20N4O2. The van der Waals surface area contributed by atoms with Crippen LogP contribution < -0.4 is 5.32 Å². The predicted molar refractivity (Wildman–Crippen MR) is 77.7 cm³/mol. The fourth-order valence-electron chi connectivity index (χ4n) is 3.07. The van der Waals surface area contributed by atoms with Gasteiger partial charge in [0.05, 0.1) is 12.1 Å². The third kappa shape index (κ3) is 3.05. The summed E-state index contributed by atoms with van der Waals surface area (Å²) in [6.07, 6.45) is 5.17. The highest BCUT2D eigenvalue weighted by molar-refractivity contribution is 5.94. The van der Waals surface area contributed by atoms with Crippen LogP contribution in [-0.4, -0.2) is 65.4 Å². The molecule has 6 heteroatoms. The Morgan fingerprint density at radius 3 is 3.05 bits per heavy atom. The number of hydrogen-bond acceptors (Lipinski definition) is 4. The van der Waals surface area contributed by atoms with Crippen molar-refractivity contribution in [2.45, 2.75) is 18.9 Å². The molecule has 2 aliphatic heterocycles. The average Bonchev–Trinajstić information content (AvgIpc) is 2.55. The van der Waals surface area contributed by atoms with Crippen molar-refractivity contribution >= 4 is 11.8 Å². The van der Waals surface area contributed by atoms with E-state index < -0.39 is 0 Å². The Hall–Kier alpha value is -1.95. The molecule has 2 fully saturated rings. The standard InChI is InChI=1S/C15H20N4O2/c20-14-10-17-6-8-19(14)13-4-2-7-18(11-13)15(21)12-3-1-5-16-9-12/h1,3,5,9,13,17H,2,4,6-8,10-11H2. The van der Waals surface area contributed by atoms with Crippen molar-refractivity contribution in [3.8, 4) is 0 Å². The van der Waals surface area contributed by atoms with Gasteiger partial charge < -0.3 is 15.1 Å². The van der Waals surface area contributed by atoms with Gasteiger partial charge in [-0.05, 0) is 25.0 Å². The maximum atomic E-state index is 12.5. The monoisotopic (exact) mass is 288 g/mol. The van der Waals surface area contributed by atoms with E-state index in [9.17, 15) is 9.59 Å². The molecule has 1 aromatic rings. The van der Waals surface area contributed by atoms with Gasteiger partial charge in [-0.3, -0.25) is 14.6 Å². The number of pyridine rings is 1. The average molecular weight is 288 g/mol. The summed E-state index contributed by atoms with van der Waals surface area (Å²) < 4.78 is 0. The number of nitrogens with one attached hydrogen (secondary N) is 1. The van der Waals surface area contributed by atoms with Gasteiger partial charge in [0.2, 0.25) is 5.91 Å². The number of rotatable bonds is 2. The van der Waals surface area contributed by atoms with E-state index in [-0.39, 0.29) is 17.9 Å². The van der Waals surface area contributed by atoms with Crippen LogP contribution >= 0.6 is 0 Å². The molecule has 0 aromatic carbocycles. The molecule has 2 amide bonds. The first kappa shape index (κ1) is 14.0. The van der Waals surface area contributed by atoms with E-state index in [1.165, 1.54) is 0 Å². The van der Waals surface area contributed by atoms with Gasteiger partial charge in [0.15, 0.2) is 0 Å². The Bertz CT molecular complexity index is 520. The summed E-state index contributed by atoms with van der Waals surface area (Å²) >= 11 is 0. The molecule has 2 aliphatic rings. The third-order valence-corrected chi connectivity index (χ3v) is 4.16. The van der Waals surface area contributed by atoms with Crippen LogP contribution in [0.4, 0.5) is 0 Å². The summed E-state index contributed by atoms with van der Waals surface area (Å²) in [7, 11) is 0. The summed E-state index contributed by atoms with van der Waals surface area (Å²) in [5, 5.41) is 3.08. The highest BCUT2D eigenvalue weighted by atomic mass is 16.2. The van der Waals surface area contributed by atoms with Crippen LogP contribution in [0.5, 0.6) is 0 Å². The van der Waals surface area contributed by atoms with Gasteiger partial charge in [-0.2, -0.15) is 0 Å². The van der Waals surface area contributed by atoms with E-state index in [0.29, 0.717) is 18.7 Å². The highest BCUT2D eigenvalue weighted by Gasteiger charge is 2.31. The number of carbonyl (C=O) groups is 2. The number of piperidine rings is 1. The lowest BCUT2D eigenvalue weighted by Crippen LogP contribution is -2.57. The van der Waals surface area contributed by atoms with Crippen LogP contribution in [0.15, 0.2) is 24.5 Å². The summed E-state index contributed by atoms with van der Waals surface area (Å²) in [5.41, 5.74) is 0.616. The van der Waals surface area contributed by atoms with Crippen LogP contribution in [0.25, 0.3) is 0 Å². The molecule has 0 aliphatic carbocycles. The Labute approximate surface area is 124 Å². The predicted octanol–water partition coefficient (Wildman–Crippen LogP) is 0.118. The second-order valence-electron chi connectivity index (χ2n) is 5.55. The second kappa shape index (κ2) is 6.22. The van der Waals surface area contributed by atoms with Gasteiger partial charge in [0.25, 0.3) is 5.91 Å². The van der Waals surface area contributed by atoms with Crippen LogP contribution in [0.3, 0.4) is 0 Å². The molecule has 21 heavy (non-hydrogen) atoms. The Morgan fingerprint density at radius 2 is 2.29 bits per heavy atom. The summed E-state index contributed by atoms with van der Waals surface area (Å²) in [6.45, 7) is 3.36. The van der Waals surface area contributed by atoms with E-state index in [2.05, 4.69) is 10.3 Å². The Kier molecular flexibility index (Phi) is 4.15. The van der Waals surface area contributed by atoms with Crippen LogP contribution in [-0.2, 0) is 4.79 Å². The molecule has 0 bridgehead atoms. The number of hydrogen-bond donors (Lipinski definition) is 1. The number of piperazine rings is 1. The molecule has 2 saturated heterocycles. The van der Waals surface area contributed by atoms with Gasteiger partial charge in [0, 0.05) is 44.6 Å². The van der Waals surface area contributed by atoms with E-state index in [4.69, 9.17) is 0 Å². The first-order valence-electron chi connectivity index (χ1n) is 7.45. The van der Waals surface area contributed by atoms with E-state index in [0.717, 1.165) is 32.5 Å². The lowest BCUT2D eigenvalue weighted by molar-refractivity contribution is -0.135. The molecule has 3 rings (SSSR count). The first-order chi connectivity index (χ1) is 10.3. The molecule has 0 spiro atoms. The zero-order chi connectivity index (χ0) is 14.7. The SMILES string of the molecule is O=C(c1cccnc1)N1CCCC(N2CCNCC2=O)C1. The van der Waals surface area contributed by atoms with Crippen molar-refractivity contribution in [3.05, 3.63) is 30.1 Å². The lowest BCUT2D eigenvalue weighted by Gasteiger charge is -2.41. The minimum atomic E-state index is 0.00961.